The van der Waals surface area contributed by atoms with Gasteiger partial charge in [0.05, 0.1) is 12.4 Å². The van der Waals surface area contributed by atoms with Gasteiger partial charge in [0.15, 0.2) is 0 Å². The number of nitrogens with one attached hydrogen (secondary N) is 1. The average Bonchev–Trinajstić information content (AvgIpc) is 3.35. The zero-order valence-electron chi connectivity index (χ0n) is 23.3. The first-order valence-corrected chi connectivity index (χ1v) is 14.7. The Morgan fingerprint density at radius 2 is 1.77 bits per heavy atom. The Morgan fingerprint density at radius 1 is 1.00 bits per heavy atom. The first-order chi connectivity index (χ1) is 19.0. The summed E-state index contributed by atoms with van der Waals surface area (Å²) >= 11 is 0. The van der Waals surface area contributed by atoms with Gasteiger partial charge in [-0.15, -0.1) is 0 Å². The van der Waals surface area contributed by atoms with Gasteiger partial charge >= 0.3 is 0 Å². The van der Waals surface area contributed by atoms with Crippen molar-refractivity contribution in [2.45, 2.75) is 71.4 Å². The van der Waals surface area contributed by atoms with Crippen LogP contribution in [0.2, 0.25) is 0 Å². The molecular weight excluding hydrogens is 484 g/mol. The molecule has 6 nitrogen and oxygen atoms in total. The van der Waals surface area contributed by atoms with Gasteiger partial charge in [-0.05, 0) is 69.8 Å². The molecule has 6 rings (SSSR count). The fraction of sp³-hybridized carbons (Fsp3) is 0.455. The quantitative estimate of drug-likeness (QED) is 0.404. The van der Waals surface area contributed by atoms with E-state index >= 15 is 0 Å². The van der Waals surface area contributed by atoms with E-state index < -0.39 is 0 Å². The molecule has 3 aromatic rings. The number of aromatic nitrogens is 1. The average molecular weight is 525 g/mol. The summed E-state index contributed by atoms with van der Waals surface area (Å²) in [7, 11) is 0. The van der Waals surface area contributed by atoms with E-state index in [1.165, 1.54) is 32.1 Å². The molecule has 0 spiro atoms. The molecule has 39 heavy (non-hydrogen) atoms. The van der Waals surface area contributed by atoms with Crippen molar-refractivity contribution >= 4 is 40.1 Å². The third-order valence-corrected chi connectivity index (χ3v) is 8.92. The SMILES string of the molecule is Cc1c(/C=C2/C(=O)N(CN3CCCCC3)c3ccccc32)c2ccccc2n1CC(=O)NC1CCC[C@@H](C)C1. The van der Waals surface area contributed by atoms with Crippen molar-refractivity contribution < 1.29 is 9.59 Å². The topological polar surface area (TPSA) is 57.6 Å². The van der Waals surface area contributed by atoms with Gasteiger partial charge in [-0.3, -0.25) is 19.4 Å². The molecule has 1 saturated carbocycles. The van der Waals surface area contributed by atoms with Gasteiger partial charge in [-0.1, -0.05) is 62.6 Å². The molecule has 6 heteroatoms. The highest BCUT2D eigenvalue weighted by Gasteiger charge is 2.34. The minimum Gasteiger partial charge on any atom is -0.352 e. The molecule has 2 fully saturated rings. The number of hydrogen-bond donors (Lipinski definition) is 1. The van der Waals surface area contributed by atoms with Crippen molar-refractivity contribution in [1.82, 2.24) is 14.8 Å². The van der Waals surface area contributed by atoms with Crippen LogP contribution in [0.4, 0.5) is 5.69 Å². The van der Waals surface area contributed by atoms with E-state index in [4.69, 9.17) is 0 Å². The first kappa shape index (κ1) is 25.9. The zero-order chi connectivity index (χ0) is 26.9. The van der Waals surface area contributed by atoms with Crippen LogP contribution in [0.25, 0.3) is 22.6 Å². The number of likely N-dealkylation sites (tertiary alicyclic amines) is 1. The molecule has 3 aliphatic rings. The Labute approximate surface area is 231 Å². The van der Waals surface area contributed by atoms with Crippen LogP contribution in [-0.4, -0.2) is 47.1 Å². The van der Waals surface area contributed by atoms with Gasteiger partial charge in [0.1, 0.15) is 6.54 Å². The van der Waals surface area contributed by atoms with Crippen molar-refractivity contribution in [3.8, 4) is 0 Å². The molecule has 1 N–H and O–H groups in total. The molecule has 204 valence electrons. The second kappa shape index (κ2) is 11.0. The minimum atomic E-state index is 0.0576. The molecular formula is C33H40N4O2. The highest BCUT2D eigenvalue weighted by Crippen LogP contribution is 2.39. The molecule has 2 aromatic carbocycles. The number of piperidine rings is 1. The van der Waals surface area contributed by atoms with E-state index in [2.05, 4.69) is 59.0 Å². The fourth-order valence-electron chi connectivity index (χ4n) is 6.86. The largest absolute Gasteiger partial charge is 0.352 e. The van der Waals surface area contributed by atoms with Crippen LogP contribution in [-0.2, 0) is 16.1 Å². The molecule has 1 aromatic heterocycles. The summed E-state index contributed by atoms with van der Waals surface area (Å²) in [4.78, 5) is 31.4. The summed E-state index contributed by atoms with van der Waals surface area (Å²) < 4.78 is 2.11. The summed E-state index contributed by atoms with van der Waals surface area (Å²) in [5.74, 6) is 0.784. The number of nitrogens with zero attached hydrogens (tertiary/aromatic N) is 3. The summed E-state index contributed by atoms with van der Waals surface area (Å²) in [6.07, 6.45) is 10.3. The summed E-state index contributed by atoms with van der Waals surface area (Å²) in [5.41, 5.74) is 5.76. The number of anilines is 1. The third-order valence-electron chi connectivity index (χ3n) is 8.92. The maximum Gasteiger partial charge on any atom is 0.260 e. The molecule has 2 atom stereocenters. The monoisotopic (exact) mass is 524 g/mol. The lowest BCUT2D eigenvalue weighted by Crippen LogP contribution is -2.42. The van der Waals surface area contributed by atoms with Crippen molar-refractivity contribution in [1.29, 1.82) is 0 Å². The van der Waals surface area contributed by atoms with Crippen LogP contribution in [0, 0.1) is 12.8 Å². The van der Waals surface area contributed by atoms with Crippen LogP contribution in [0.3, 0.4) is 0 Å². The van der Waals surface area contributed by atoms with Crippen LogP contribution >= 0.6 is 0 Å². The lowest BCUT2D eigenvalue weighted by molar-refractivity contribution is -0.122. The van der Waals surface area contributed by atoms with Crippen molar-refractivity contribution in [3.63, 3.8) is 0 Å². The second-order valence-electron chi connectivity index (χ2n) is 11.8. The Kier molecular flexibility index (Phi) is 7.30. The molecule has 1 unspecified atom stereocenters. The van der Waals surface area contributed by atoms with Crippen molar-refractivity contribution in [2.75, 3.05) is 24.7 Å². The Morgan fingerprint density at radius 3 is 2.59 bits per heavy atom. The maximum absolute atomic E-state index is 13.9. The van der Waals surface area contributed by atoms with Gasteiger partial charge < -0.3 is 9.88 Å². The number of para-hydroxylation sites is 2. The van der Waals surface area contributed by atoms with Crippen molar-refractivity contribution in [2.24, 2.45) is 5.92 Å². The van der Waals surface area contributed by atoms with Gasteiger partial charge in [0.2, 0.25) is 5.91 Å². The van der Waals surface area contributed by atoms with Gasteiger partial charge in [0, 0.05) is 39.3 Å². The number of carbonyl (C=O) groups excluding carboxylic acids is 2. The smallest absolute Gasteiger partial charge is 0.260 e. The van der Waals surface area contributed by atoms with E-state index in [1.807, 2.05) is 29.2 Å². The van der Waals surface area contributed by atoms with E-state index in [0.29, 0.717) is 12.6 Å². The standard InChI is InChI=1S/C33H40N4O2/c1-23-11-10-12-25(19-23)34-32(38)21-36-24(2)28(26-13-4-6-15-30(26)36)20-29-27-14-5-7-16-31(27)37(33(29)39)22-35-17-8-3-9-18-35/h4-7,13-16,20,23,25H,3,8-12,17-19,21-22H2,1-2H3,(H,34,38)/b29-20+/t23-,25?/m1/s1. The lowest BCUT2D eigenvalue weighted by Gasteiger charge is -2.30. The molecule has 0 radical (unpaired) electrons. The molecule has 1 saturated heterocycles. The predicted octanol–water partition coefficient (Wildman–Crippen LogP) is 5.98. The normalized spacial score (nSPS) is 23.0. The van der Waals surface area contributed by atoms with Gasteiger partial charge in [0.25, 0.3) is 5.91 Å². The summed E-state index contributed by atoms with van der Waals surface area (Å²) in [6.45, 7) is 7.34. The van der Waals surface area contributed by atoms with Crippen molar-refractivity contribution in [3.05, 3.63) is 65.4 Å². The third kappa shape index (κ3) is 5.14. The van der Waals surface area contributed by atoms with Gasteiger partial charge in [-0.2, -0.15) is 0 Å². The number of rotatable bonds is 6. The summed E-state index contributed by atoms with van der Waals surface area (Å²) in [6, 6.07) is 16.6. The number of fused-ring (bicyclic) bond motifs is 2. The molecule has 0 bridgehead atoms. The molecule has 2 amide bonds. The fourth-order valence-corrected chi connectivity index (χ4v) is 6.86. The number of benzene rings is 2. The van der Waals surface area contributed by atoms with Crippen LogP contribution in [0.15, 0.2) is 48.5 Å². The Hall–Kier alpha value is -3.38. The van der Waals surface area contributed by atoms with Crippen LogP contribution < -0.4 is 10.2 Å². The van der Waals surface area contributed by atoms with Crippen LogP contribution in [0.5, 0.6) is 0 Å². The second-order valence-corrected chi connectivity index (χ2v) is 11.8. The van der Waals surface area contributed by atoms with E-state index in [0.717, 1.165) is 64.9 Å². The minimum absolute atomic E-state index is 0.0576. The highest BCUT2D eigenvalue weighted by atomic mass is 16.2. The molecule has 1 aliphatic carbocycles. The number of hydrogen-bond acceptors (Lipinski definition) is 3. The van der Waals surface area contributed by atoms with Crippen LogP contribution in [0.1, 0.15) is 68.7 Å². The van der Waals surface area contributed by atoms with E-state index in [-0.39, 0.29) is 24.4 Å². The molecule has 3 heterocycles. The Bertz CT molecular complexity index is 1410. The summed E-state index contributed by atoms with van der Waals surface area (Å²) in [5, 5.41) is 4.37. The van der Waals surface area contributed by atoms with E-state index in [1.54, 1.807) is 0 Å². The lowest BCUT2D eigenvalue weighted by atomic mass is 9.87. The predicted molar refractivity (Wildman–Crippen MR) is 158 cm³/mol. The first-order valence-electron chi connectivity index (χ1n) is 14.7. The van der Waals surface area contributed by atoms with E-state index in [9.17, 15) is 9.59 Å². The zero-order valence-corrected chi connectivity index (χ0v) is 23.3. The van der Waals surface area contributed by atoms with Gasteiger partial charge in [-0.25, -0.2) is 0 Å². The highest BCUT2D eigenvalue weighted by molar-refractivity contribution is 6.36. The maximum atomic E-state index is 13.9. The number of carbonyl (C=O) groups is 2. The number of amides is 2. The molecule has 2 aliphatic heterocycles. The Balaban J connectivity index is 1.32.